The highest BCUT2D eigenvalue weighted by molar-refractivity contribution is 5.92. The van der Waals surface area contributed by atoms with E-state index >= 15 is 0 Å². The Morgan fingerprint density at radius 3 is 2.85 bits per heavy atom. The van der Waals surface area contributed by atoms with Gasteiger partial charge >= 0.3 is 6.18 Å². The number of hydrogen-bond donors (Lipinski definition) is 1. The van der Waals surface area contributed by atoms with Gasteiger partial charge in [0.05, 0.1) is 17.4 Å². The van der Waals surface area contributed by atoms with E-state index in [9.17, 15) is 18.0 Å². The molecule has 0 saturated carbocycles. The lowest BCUT2D eigenvalue weighted by molar-refractivity contribution is -0.137. The molecule has 2 aromatic rings. The first-order chi connectivity index (χ1) is 11.9. The zero-order chi connectivity index (χ0) is 18.0. The van der Waals surface area contributed by atoms with E-state index in [0.717, 1.165) is 25.0 Å². The van der Waals surface area contributed by atoms with E-state index in [-0.39, 0.29) is 35.7 Å². The zero-order valence-electron chi connectivity index (χ0n) is 14.0. The Bertz CT molecular complexity index is 764. The third kappa shape index (κ3) is 4.16. The fourth-order valence-corrected chi connectivity index (χ4v) is 3.01. The Kier molecular flexibility index (Phi) is 6.25. The molecule has 10 heteroatoms. The minimum Gasteiger partial charge on any atom is -0.333 e. The summed E-state index contributed by atoms with van der Waals surface area (Å²) < 4.78 is 39.7. The van der Waals surface area contributed by atoms with E-state index in [2.05, 4.69) is 15.6 Å². The molecule has 1 saturated heterocycles. The van der Waals surface area contributed by atoms with Gasteiger partial charge in [0.1, 0.15) is 0 Å². The van der Waals surface area contributed by atoms with Gasteiger partial charge in [-0.3, -0.25) is 4.79 Å². The number of likely N-dealkylation sites (N-methyl/N-ethyl adjacent to an activating group) is 1. The SMILES string of the molecule is CNCC1CCCN1C(=O)c1cn(-c2cccc(C(F)(F)F)c2)nn1.Cl. The second-order valence-corrected chi connectivity index (χ2v) is 5.95. The van der Waals surface area contributed by atoms with Gasteiger partial charge in [-0.25, -0.2) is 4.68 Å². The maximum atomic E-state index is 12.8. The molecule has 1 aromatic carbocycles. The third-order valence-corrected chi connectivity index (χ3v) is 4.23. The van der Waals surface area contributed by atoms with Gasteiger partial charge in [-0.15, -0.1) is 17.5 Å². The molecule has 0 radical (unpaired) electrons. The Hall–Kier alpha value is -2.13. The number of halogens is 4. The number of rotatable bonds is 4. The van der Waals surface area contributed by atoms with Crippen LogP contribution in [0.2, 0.25) is 0 Å². The Morgan fingerprint density at radius 1 is 1.38 bits per heavy atom. The molecular weight excluding hydrogens is 371 g/mol. The van der Waals surface area contributed by atoms with Crippen LogP contribution >= 0.6 is 12.4 Å². The highest BCUT2D eigenvalue weighted by Gasteiger charge is 2.32. The first-order valence-electron chi connectivity index (χ1n) is 7.95. The van der Waals surface area contributed by atoms with Gasteiger partial charge in [-0.1, -0.05) is 11.3 Å². The van der Waals surface area contributed by atoms with Crippen molar-refractivity contribution in [3.8, 4) is 5.69 Å². The van der Waals surface area contributed by atoms with E-state index in [1.807, 2.05) is 7.05 Å². The van der Waals surface area contributed by atoms with Crippen LogP contribution in [-0.2, 0) is 6.18 Å². The fraction of sp³-hybridized carbons (Fsp3) is 0.438. The summed E-state index contributed by atoms with van der Waals surface area (Å²) in [5.41, 5.74) is -0.447. The molecule has 1 aliphatic heterocycles. The first kappa shape index (κ1) is 20.2. The van der Waals surface area contributed by atoms with Crippen molar-refractivity contribution in [3.63, 3.8) is 0 Å². The summed E-state index contributed by atoms with van der Waals surface area (Å²) in [6.45, 7) is 1.33. The number of benzene rings is 1. The van der Waals surface area contributed by atoms with Gasteiger partial charge in [-0.2, -0.15) is 13.2 Å². The number of aromatic nitrogens is 3. The van der Waals surface area contributed by atoms with Crippen LogP contribution in [-0.4, -0.2) is 52.0 Å². The number of likely N-dealkylation sites (tertiary alicyclic amines) is 1. The van der Waals surface area contributed by atoms with Crippen molar-refractivity contribution in [2.45, 2.75) is 25.1 Å². The van der Waals surface area contributed by atoms with E-state index in [1.54, 1.807) is 4.90 Å². The van der Waals surface area contributed by atoms with Gasteiger partial charge in [0.25, 0.3) is 5.91 Å². The van der Waals surface area contributed by atoms with Crippen molar-refractivity contribution < 1.29 is 18.0 Å². The van der Waals surface area contributed by atoms with Crippen molar-refractivity contribution in [1.82, 2.24) is 25.2 Å². The number of alkyl halides is 3. The summed E-state index contributed by atoms with van der Waals surface area (Å²) >= 11 is 0. The van der Waals surface area contributed by atoms with Crippen molar-refractivity contribution in [2.75, 3.05) is 20.1 Å². The second kappa shape index (κ2) is 8.05. The van der Waals surface area contributed by atoms with Crippen LogP contribution in [0, 0.1) is 0 Å². The molecule has 0 spiro atoms. The standard InChI is InChI=1S/C16H18F3N5O.ClH/c1-20-9-13-6-3-7-23(13)15(25)14-10-24(22-21-14)12-5-2-4-11(8-12)16(17,18)19;/h2,4-5,8,10,13,20H,3,6-7,9H2,1H3;1H. The normalized spacial score (nSPS) is 17.2. The van der Waals surface area contributed by atoms with Crippen LogP contribution in [0.25, 0.3) is 5.69 Å². The minimum atomic E-state index is -4.44. The van der Waals surface area contributed by atoms with Crippen molar-refractivity contribution in [3.05, 3.63) is 41.7 Å². The molecular formula is C16H19ClF3N5O. The molecule has 6 nitrogen and oxygen atoms in total. The quantitative estimate of drug-likeness (QED) is 0.872. The molecule has 142 valence electrons. The van der Waals surface area contributed by atoms with E-state index in [0.29, 0.717) is 13.1 Å². The summed E-state index contributed by atoms with van der Waals surface area (Å²) in [6, 6.07) is 4.83. The topological polar surface area (TPSA) is 63.1 Å². The molecule has 1 aromatic heterocycles. The van der Waals surface area contributed by atoms with Gasteiger partial charge in [0.2, 0.25) is 0 Å². The molecule has 1 unspecified atom stereocenters. The maximum absolute atomic E-state index is 12.8. The molecule has 0 aliphatic carbocycles. The lowest BCUT2D eigenvalue weighted by atomic mass is 10.2. The van der Waals surface area contributed by atoms with Gasteiger partial charge in [0, 0.05) is 19.1 Å². The van der Waals surface area contributed by atoms with Crippen LogP contribution in [0.15, 0.2) is 30.5 Å². The van der Waals surface area contributed by atoms with Gasteiger partial charge in [-0.05, 0) is 38.1 Å². The van der Waals surface area contributed by atoms with E-state index in [4.69, 9.17) is 0 Å². The number of amides is 1. The van der Waals surface area contributed by atoms with Crippen molar-refractivity contribution in [2.24, 2.45) is 0 Å². The molecule has 2 heterocycles. The summed E-state index contributed by atoms with van der Waals surface area (Å²) in [7, 11) is 1.82. The first-order valence-corrected chi connectivity index (χ1v) is 7.95. The third-order valence-electron chi connectivity index (χ3n) is 4.23. The molecule has 1 atom stereocenters. The average Bonchev–Trinajstić information content (AvgIpc) is 3.23. The Labute approximate surface area is 154 Å². The van der Waals surface area contributed by atoms with Crippen LogP contribution in [0.1, 0.15) is 28.9 Å². The van der Waals surface area contributed by atoms with Crippen LogP contribution in [0.4, 0.5) is 13.2 Å². The summed E-state index contributed by atoms with van der Waals surface area (Å²) in [5.74, 6) is -0.254. The lowest BCUT2D eigenvalue weighted by Gasteiger charge is -2.23. The summed E-state index contributed by atoms with van der Waals surface area (Å²) in [6.07, 6.45) is -1.24. The smallest absolute Gasteiger partial charge is 0.333 e. The maximum Gasteiger partial charge on any atom is 0.416 e. The highest BCUT2D eigenvalue weighted by atomic mass is 35.5. The predicted molar refractivity (Wildman–Crippen MR) is 91.6 cm³/mol. The Morgan fingerprint density at radius 2 is 2.15 bits per heavy atom. The fourth-order valence-electron chi connectivity index (χ4n) is 3.01. The number of hydrogen-bond acceptors (Lipinski definition) is 4. The summed E-state index contributed by atoms with van der Waals surface area (Å²) in [5, 5.41) is 10.7. The average molecular weight is 390 g/mol. The minimum absolute atomic E-state index is 0. The lowest BCUT2D eigenvalue weighted by Crippen LogP contribution is -2.41. The monoisotopic (exact) mass is 389 g/mol. The Balaban J connectivity index is 0.00000243. The zero-order valence-corrected chi connectivity index (χ0v) is 14.8. The van der Waals surface area contributed by atoms with Gasteiger partial charge < -0.3 is 10.2 Å². The summed E-state index contributed by atoms with van der Waals surface area (Å²) in [4.78, 5) is 14.3. The number of nitrogens with one attached hydrogen (secondary N) is 1. The van der Waals surface area contributed by atoms with Crippen LogP contribution < -0.4 is 5.32 Å². The predicted octanol–water partition coefficient (Wildman–Crippen LogP) is 2.53. The second-order valence-electron chi connectivity index (χ2n) is 5.95. The molecule has 1 N–H and O–H groups in total. The van der Waals surface area contributed by atoms with Crippen molar-refractivity contribution >= 4 is 18.3 Å². The van der Waals surface area contributed by atoms with E-state index < -0.39 is 11.7 Å². The molecule has 1 aliphatic rings. The van der Waals surface area contributed by atoms with Crippen LogP contribution in [0.5, 0.6) is 0 Å². The van der Waals surface area contributed by atoms with Crippen LogP contribution in [0.3, 0.4) is 0 Å². The van der Waals surface area contributed by atoms with Gasteiger partial charge in [0.15, 0.2) is 5.69 Å². The highest BCUT2D eigenvalue weighted by Crippen LogP contribution is 2.30. The largest absolute Gasteiger partial charge is 0.416 e. The van der Waals surface area contributed by atoms with E-state index in [1.165, 1.54) is 23.0 Å². The number of carbonyl (C=O) groups is 1. The number of carbonyl (C=O) groups excluding carboxylic acids is 1. The van der Waals surface area contributed by atoms with Crippen molar-refractivity contribution in [1.29, 1.82) is 0 Å². The molecule has 0 bridgehead atoms. The molecule has 1 fully saturated rings. The number of nitrogens with zero attached hydrogens (tertiary/aromatic N) is 4. The molecule has 3 rings (SSSR count). The molecule has 1 amide bonds. The molecule has 26 heavy (non-hydrogen) atoms.